The van der Waals surface area contributed by atoms with E-state index in [1.54, 1.807) is 0 Å². The average molecular weight is 271 g/mol. The van der Waals surface area contributed by atoms with Gasteiger partial charge in [0.1, 0.15) is 5.82 Å². The van der Waals surface area contributed by atoms with Crippen LogP contribution in [0.3, 0.4) is 0 Å². The Morgan fingerprint density at radius 3 is 2.60 bits per heavy atom. The van der Waals surface area contributed by atoms with E-state index in [-0.39, 0.29) is 0 Å². The molecular weight excluding hydrogens is 250 g/mol. The van der Waals surface area contributed by atoms with Crippen molar-refractivity contribution >= 4 is 5.82 Å². The lowest BCUT2D eigenvalue weighted by atomic mass is 10.2. The summed E-state index contributed by atoms with van der Waals surface area (Å²) in [4.78, 5) is 15.2. The van der Waals surface area contributed by atoms with Crippen molar-refractivity contribution in [1.82, 2.24) is 20.3 Å². The van der Waals surface area contributed by atoms with Gasteiger partial charge in [0.15, 0.2) is 0 Å². The Balaban J connectivity index is 2.10. The van der Waals surface area contributed by atoms with Crippen LogP contribution in [0.5, 0.6) is 0 Å². The maximum Gasteiger partial charge on any atom is 0.147 e. The molecule has 0 radical (unpaired) electrons. The lowest BCUT2D eigenvalue weighted by molar-refractivity contribution is 0.701. The third-order valence-corrected chi connectivity index (χ3v) is 3.06. The summed E-state index contributed by atoms with van der Waals surface area (Å²) < 4.78 is 0. The van der Waals surface area contributed by atoms with E-state index in [9.17, 15) is 0 Å². The molecule has 0 aliphatic heterocycles. The second-order valence-electron chi connectivity index (χ2n) is 4.52. The molecule has 0 aliphatic rings. The quantitative estimate of drug-likeness (QED) is 0.835. The van der Waals surface area contributed by atoms with Crippen LogP contribution >= 0.6 is 0 Å². The maximum absolute atomic E-state index is 4.66. The van der Waals surface area contributed by atoms with Crippen molar-refractivity contribution < 1.29 is 0 Å². The fraction of sp³-hybridized carbons (Fsp3) is 0.400. The summed E-state index contributed by atoms with van der Waals surface area (Å²) in [5.41, 5.74) is 2.19. The number of aromatic nitrogens is 3. The minimum Gasteiger partial charge on any atom is -0.351 e. The fourth-order valence-corrected chi connectivity index (χ4v) is 1.95. The molecule has 0 aromatic carbocycles. The molecule has 0 saturated heterocycles. The van der Waals surface area contributed by atoms with Gasteiger partial charge in [0.25, 0.3) is 0 Å². The Kier molecular flexibility index (Phi) is 5.43. The van der Waals surface area contributed by atoms with Gasteiger partial charge in [-0.3, -0.25) is 9.97 Å². The molecule has 2 rings (SSSR count). The highest BCUT2D eigenvalue weighted by atomic mass is 15.2. The first-order valence-electron chi connectivity index (χ1n) is 6.99. The third kappa shape index (κ3) is 3.99. The molecule has 2 aromatic heterocycles. The van der Waals surface area contributed by atoms with Crippen LogP contribution in [0.1, 0.15) is 25.1 Å². The predicted molar refractivity (Wildman–Crippen MR) is 80.4 cm³/mol. The highest BCUT2D eigenvalue weighted by molar-refractivity contribution is 5.37. The summed E-state index contributed by atoms with van der Waals surface area (Å²) in [5, 5.41) is 3.27. The van der Waals surface area contributed by atoms with E-state index in [1.165, 1.54) is 5.56 Å². The van der Waals surface area contributed by atoms with Crippen LogP contribution in [-0.4, -0.2) is 28.0 Å². The van der Waals surface area contributed by atoms with E-state index in [0.29, 0.717) is 0 Å². The van der Waals surface area contributed by atoms with E-state index in [2.05, 4.69) is 39.0 Å². The Bertz CT molecular complexity index is 515. The van der Waals surface area contributed by atoms with Gasteiger partial charge in [-0.15, -0.1) is 0 Å². The summed E-state index contributed by atoms with van der Waals surface area (Å²) in [7, 11) is 0. The molecule has 0 saturated carbocycles. The molecule has 0 fully saturated rings. The van der Waals surface area contributed by atoms with E-state index < -0.39 is 0 Å². The summed E-state index contributed by atoms with van der Waals surface area (Å²) in [6, 6.07) is 4.05. The zero-order chi connectivity index (χ0) is 14.2. The zero-order valence-corrected chi connectivity index (χ0v) is 12.1. The smallest absolute Gasteiger partial charge is 0.147 e. The molecule has 0 bridgehead atoms. The molecule has 2 heterocycles. The van der Waals surface area contributed by atoms with Crippen molar-refractivity contribution in [3.05, 3.63) is 48.2 Å². The molecule has 106 valence electrons. The third-order valence-electron chi connectivity index (χ3n) is 3.06. The van der Waals surface area contributed by atoms with Crippen LogP contribution in [-0.2, 0) is 13.1 Å². The van der Waals surface area contributed by atoms with Gasteiger partial charge in [-0.05, 0) is 31.2 Å². The lowest BCUT2D eigenvalue weighted by Gasteiger charge is -2.22. The van der Waals surface area contributed by atoms with Crippen molar-refractivity contribution in [1.29, 1.82) is 0 Å². The topological polar surface area (TPSA) is 53.9 Å². The van der Waals surface area contributed by atoms with Crippen LogP contribution in [0.4, 0.5) is 5.82 Å². The molecule has 0 atom stereocenters. The second kappa shape index (κ2) is 7.55. The standard InChI is InChI=1S/C15H21N5/c1-3-16-9-14-10-18-11-15(19-14)20(4-2)12-13-5-7-17-8-6-13/h5-8,10-11,16H,3-4,9,12H2,1-2H3. The average Bonchev–Trinajstić information content (AvgIpc) is 2.52. The maximum atomic E-state index is 4.66. The number of anilines is 1. The van der Waals surface area contributed by atoms with Crippen molar-refractivity contribution in [3.8, 4) is 0 Å². The van der Waals surface area contributed by atoms with E-state index >= 15 is 0 Å². The van der Waals surface area contributed by atoms with Crippen LogP contribution in [0, 0.1) is 0 Å². The van der Waals surface area contributed by atoms with Gasteiger partial charge in [-0.1, -0.05) is 6.92 Å². The van der Waals surface area contributed by atoms with Gasteiger partial charge in [0.2, 0.25) is 0 Å². The molecule has 20 heavy (non-hydrogen) atoms. The predicted octanol–water partition coefficient (Wildman–Crippen LogP) is 2.01. The van der Waals surface area contributed by atoms with Gasteiger partial charge in [-0.2, -0.15) is 0 Å². The first-order valence-corrected chi connectivity index (χ1v) is 6.99. The number of nitrogens with zero attached hydrogens (tertiary/aromatic N) is 4. The minimum atomic E-state index is 0.754. The SMILES string of the molecule is CCNCc1cncc(N(CC)Cc2ccncc2)n1. The van der Waals surface area contributed by atoms with Gasteiger partial charge in [0.05, 0.1) is 11.9 Å². The van der Waals surface area contributed by atoms with Gasteiger partial charge >= 0.3 is 0 Å². The summed E-state index contributed by atoms with van der Waals surface area (Å²) in [6.45, 7) is 7.60. The van der Waals surface area contributed by atoms with E-state index in [4.69, 9.17) is 0 Å². The van der Waals surface area contributed by atoms with Crippen molar-refractivity contribution in [2.24, 2.45) is 0 Å². The minimum absolute atomic E-state index is 0.754. The van der Waals surface area contributed by atoms with Gasteiger partial charge in [0, 0.05) is 38.2 Å². The number of rotatable bonds is 7. The summed E-state index contributed by atoms with van der Waals surface area (Å²) in [6.07, 6.45) is 7.26. The molecule has 5 heteroatoms. The molecule has 0 spiro atoms. The molecule has 0 unspecified atom stereocenters. The van der Waals surface area contributed by atoms with Gasteiger partial charge in [-0.25, -0.2) is 4.98 Å². The number of hydrogen-bond donors (Lipinski definition) is 1. The van der Waals surface area contributed by atoms with Crippen molar-refractivity contribution in [3.63, 3.8) is 0 Å². The first-order chi connectivity index (χ1) is 9.83. The number of hydrogen-bond acceptors (Lipinski definition) is 5. The van der Waals surface area contributed by atoms with Crippen molar-refractivity contribution in [2.75, 3.05) is 18.0 Å². The molecule has 2 aromatic rings. The highest BCUT2D eigenvalue weighted by Crippen LogP contribution is 2.13. The van der Waals surface area contributed by atoms with Crippen LogP contribution < -0.4 is 10.2 Å². The number of nitrogens with one attached hydrogen (secondary N) is 1. The normalized spacial score (nSPS) is 10.5. The molecular formula is C15H21N5. The van der Waals surface area contributed by atoms with Crippen LogP contribution in [0.15, 0.2) is 36.9 Å². The number of pyridine rings is 1. The monoisotopic (exact) mass is 271 g/mol. The molecule has 1 N–H and O–H groups in total. The largest absolute Gasteiger partial charge is 0.351 e. The molecule has 0 amide bonds. The summed E-state index contributed by atoms with van der Waals surface area (Å²) in [5.74, 6) is 0.916. The molecule has 5 nitrogen and oxygen atoms in total. The zero-order valence-electron chi connectivity index (χ0n) is 12.1. The highest BCUT2D eigenvalue weighted by Gasteiger charge is 2.08. The fourth-order valence-electron chi connectivity index (χ4n) is 1.95. The van der Waals surface area contributed by atoms with Crippen molar-refractivity contribution in [2.45, 2.75) is 26.9 Å². The Morgan fingerprint density at radius 1 is 1.10 bits per heavy atom. The lowest BCUT2D eigenvalue weighted by Crippen LogP contribution is -2.24. The second-order valence-corrected chi connectivity index (χ2v) is 4.52. The first kappa shape index (κ1) is 14.4. The molecule has 0 aliphatic carbocycles. The van der Waals surface area contributed by atoms with Gasteiger partial charge < -0.3 is 10.2 Å². The Hall–Kier alpha value is -2.01. The van der Waals surface area contributed by atoms with Crippen LogP contribution in [0.25, 0.3) is 0 Å². The Morgan fingerprint density at radius 2 is 1.90 bits per heavy atom. The Labute approximate surface area is 120 Å². The van der Waals surface area contributed by atoms with E-state index in [1.807, 2.05) is 36.9 Å². The van der Waals surface area contributed by atoms with E-state index in [0.717, 1.165) is 37.7 Å². The van der Waals surface area contributed by atoms with Crippen LogP contribution in [0.2, 0.25) is 0 Å². The summed E-state index contributed by atoms with van der Waals surface area (Å²) >= 11 is 0.